The summed E-state index contributed by atoms with van der Waals surface area (Å²) in [6.07, 6.45) is 4.09. The molecule has 3 atom stereocenters. The fraction of sp³-hybridized carbons (Fsp3) is 0.611. The molecule has 0 aliphatic carbocycles. The Bertz CT molecular complexity index is 643. The van der Waals surface area contributed by atoms with Crippen LogP contribution in [0.1, 0.15) is 43.2 Å². The van der Waals surface area contributed by atoms with Crippen molar-refractivity contribution in [2.24, 2.45) is 5.92 Å². The average molecular weight is 347 g/mol. The summed E-state index contributed by atoms with van der Waals surface area (Å²) in [6, 6.07) is 3.13. The van der Waals surface area contributed by atoms with Gasteiger partial charge in [0.1, 0.15) is 0 Å². The average Bonchev–Trinajstić information content (AvgIpc) is 3.13. The molecule has 2 aliphatic rings. The standard InChI is InChI=1S/C18H25N3O4/c1-12-14(19-17(23)13-7-9-20(2)16(22)11-13)5-3-8-21(12)18(24)15-6-4-10-25-15/h4,6,10,12-14H,3,5,7-9,11H2,1-2H3,(H,19,23). The van der Waals surface area contributed by atoms with Crippen molar-refractivity contribution in [3.8, 4) is 0 Å². The lowest BCUT2D eigenvalue weighted by Gasteiger charge is -2.40. The number of carbonyl (C=O) groups excluding carboxylic acids is 3. The van der Waals surface area contributed by atoms with E-state index in [1.54, 1.807) is 29.0 Å². The molecule has 2 fully saturated rings. The molecule has 2 aliphatic heterocycles. The minimum absolute atomic E-state index is 0.0118. The second-order valence-corrected chi connectivity index (χ2v) is 6.98. The first-order chi connectivity index (χ1) is 12.0. The molecule has 0 bridgehead atoms. The van der Waals surface area contributed by atoms with Crippen molar-refractivity contribution >= 4 is 17.7 Å². The number of rotatable bonds is 3. The third kappa shape index (κ3) is 3.70. The van der Waals surface area contributed by atoms with E-state index in [9.17, 15) is 14.4 Å². The van der Waals surface area contributed by atoms with Crippen LogP contribution >= 0.6 is 0 Å². The van der Waals surface area contributed by atoms with Gasteiger partial charge in [-0.1, -0.05) is 0 Å². The van der Waals surface area contributed by atoms with Crippen molar-refractivity contribution in [1.29, 1.82) is 0 Å². The Labute approximate surface area is 147 Å². The normalized spacial score (nSPS) is 27.3. The van der Waals surface area contributed by atoms with Crippen molar-refractivity contribution in [3.05, 3.63) is 24.2 Å². The first kappa shape index (κ1) is 17.5. The molecule has 3 amide bonds. The zero-order valence-electron chi connectivity index (χ0n) is 14.7. The van der Waals surface area contributed by atoms with Crippen LogP contribution in [0.3, 0.4) is 0 Å². The number of carbonyl (C=O) groups is 3. The van der Waals surface area contributed by atoms with Gasteiger partial charge in [0.05, 0.1) is 6.26 Å². The van der Waals surface area contributed by atoms with Crippen LogP contribution in [-0.2, 0) is 9.59 Å². The van der Waals surface area contributed by atoms with Crippen molar-refractivity contribution in [1.82, 2.24) is 15.1 Å². The highest BCUT2D eigenvalue weighted by atomic mass is 16.3. The predicted molar refractivity (Wildman–Crippen MR) is 90.7 cm³/mol. The number of nitrogens with one attached hydrogen (secondary N) is 1. The molecular formula is C18H25N3O4. The SMILES string of the molecule is CC1C(NC(=O)C2CCN(C)C(=O)C2)CCCN1C(=O)c1ccco1. The van der Waals surface area contributed by atoms with E-state index < -0.39 is 0 Å². The predicted octanol–water partition coefficient (Wildman–Crippen LogP) is 1.26. The van der Waals surface area contributed by atoms with Crippen LogP contribution in [-0.4, -0.2) is 59.7 Å². The van der Waals surface area contributed by atoms with Gasteiger partial charge in [0.2, 0.25) is 11.8 Å². The van der Waals surface area contributed by atoms with Gasteiger partial charge < -0.3 is 19.5 Å². The van der Waals surface area contributed by atoms with Gasteiger partial charge in [-0.3, -0.25) is 14.4 Å². The molecule has 3 unspecified atom stereocenters. The Morgan fingerprint density at radius 3 is 2.76 bits per heavy atom. The molecule has 25 heavy (non-hydrogen) atoms. The van der Waals surface area contributed by atoms with Gasteiger partial charge in [0, 0.05) is 44.6 Å². The third-order valence-electron chi connectivity index (χ3n) is 5.34. The molecule has 3 heterocycles. The lowest BCUT2D eigenvalue weighted by atomic mass is 9.92. The zero-order valence-corrected chi connectivity index (χ0v) is 14.7. The molecular weight excluding hydrogens is 322 g/mol. The molecule has 0 saturated carbocycles. The van der Waals surface area contributed by atoms with Crippen LogP contribution in [0.5, 0.6) is 0 Å². The van der Waals surface area contributed by atoms with E-state index in [4.69, 9.17) is 4.42 Å². The Hall–Kier alpha value is -2.31. The van der Waals surface area contributed by atoms with Crippen molar-refractivity contribution in [2.75, 3.05) is 20.1 Å². The van der Waals surface area contributed by atoms with Crippen molar-refractivity contribution < 1.29 is 18.8 Å². The number of furan rings is 1. The van der Waals surface area contributed by atoms with Crippen LogP contribution in [0, 0.1) is 5.92 Å². The third-order valence-corrected chi connectivity index (χ3v) is 5.34. The minimum Gasteiger partial charge on any atom is -0.459 e. The zero-order chi connectivity index (χ0) is 18.0. The van der Waals surface area contributed by atoms with Crippen LogP contribution in [0.2, 0.25) is 0 Å². The van der Waals surface area contributed by atoms with Gasteiger partial charge in [-0.2, -0.15) is 0 Å². The van der Waals surface area contributed by atoms with Crippen LogP contribution in [0.15, 0.2) is 22.8 Å². The summed E-state index contributed by atoms with van der Waals surface area (Å²) >= 11 is 0. The Balaban J connectivity index is 1.61. The molecule has 1 aromatic heterocycles. The summed E-state index contributed by atoms with van der Waals surface area (Å²) in [5.41, 5.74) is 0. The fourth-order valence-electron chi connectivity index (χ4n) is 3.63. The smallest absolute Gasteiger partial charge is 0.289 e. The van der Waals surface area contributed by atoms with Gasteiger partial charge in [-0.05, 0) is 38.3 Å². The quantitative estimate of drug-likeness (QED) is 0.892. The highest BCUT2D eigenvalue weighted by Gasteiger charge is 2.35. The summed E-state index contributed by atoms with van der Waals surface area (Å²) in [6.45, 7) is 3.21. The Kier molecular flexibility index (Phi) is 5.11. The number of likely N-dealkylation sites (tertiary alicyclic amines) is 2. The van der Waals surface area contributed by atoms with E-state index in [-0.39, 0.29) is 42.1 Å². The van der Waals surface area contributed by atoms with Crippen LogP contribution in [0.4, 0.5) is 0 Å². The number of hydrogen-bond acceptors (Lipinski definition) is 4. The molecule has 136 valence electrons. The number of hydrogen-bond donors (Lipinski definition) is 1. The number of nitrogens with zero attached hydrogens (tertiary/aromatic N) is 2. The van der Waals surface area contributed by atoms with Gasteiger partial charge in [0.15, 0.2) is 5.76 Å². The molecule has 1 aromatic rings. The maximum absolute atomic E-state index is 12.6. The van der Waals surface area contributed by atoms with Gasteiger partial charge in [0.25, 0.3) is 5.91 Å². The van der Waals surface area contributed by atoms with E-state index in [0.29, 0.717) is 25.3 Å². The molecule has 7 nitrogen and oxygen atoms in total. The van der Waals surface area contributed by atoms with E-state index in [1.165, 1.54) is 6.26 Å². The Morgan fingerprint density at radius 1 is 1.28 bits per heavy atom. The van der Waals surface area contributed by atoms with E-state index in [1.807, 2.05) is 6.92 Å². The summed E-state index contributed by atoms with van der Waals surface area (Å²) in [4.78, 5) is 40.4. The minimum atomic E-state index is -0.271. The van der Waals surface area contributed by atoms with Crippen molar-refractivity contribution in [2.45, 2.75) is 44.7 Å². The topological polar surface area (TPSA) is 82.9 Å². The van der Waals surface area contributed by atoms with Gasteiger partial charge in [-0.15, -0.1) is 0 Å². The first-order valence-corrected chi connectivity index (χ1v) is 8.86. The monoisotopic (exact) mass is 347 g/mol. The molecule has 2 saturated heterocycles. The van der Waals surface area contributed by atoms with Crippen LogP contribution < -0.4 is 5.32 Å². The number of amides is 3. The van der Waals surface area contributed by atoms with E-state index >= 15 is 0 Å². The summed E-state index contributed by atoms with van der Waals surface area (Å²) in [5.74, 6) is -0.166. The lowest BCUT2D eigenvalue weighted by molar-refractivity contribution is -0.139. The Morgan fingerprint density at radius 2 is 2.08 bits per heavy atom. The molecule has 0 aromatic carbocycles. The molecule has 0 radical (unpaired) electrons. The van der Waals surface area contributed by atoms with Gasteiger partial charge >= 0.3 is 0 Å². The van der Waals surface area contributed by atoms with Gasteiger partial charge in [-0.25, -0.2) is 0 Å². The second kappa shape index (κ2) is 7.29. The maximum Gasteiger partial charge on any atom is 0.289 e. The first-order valence-electron chi connectivity index (χ1n) is 8.86. The molecule has 1 N–H and O–H groups in total. The lowest BCUT2D eigenvalue weighted by Crippen LogP contribution is -2.57. The van der Waals surface area contributed by atoms with Crippen LogP contribution in [0.25, 0.3) is 0 Å². The highest BCUT2D eigenvalue weighted by molar-refractivity contribution is 5.92. The molecule has 7 heteroatoms. The second-order valence-electron chi connectivity index (χ2n) is 6.98. The fourth-order valence-corrected chi connectivity index (χ4v) is 3.63. The van der Waals surface area contributed by atoms with E-state index in [2.05, 4.69) is 5.32 Å². The summed E-state index contributed by atoms with van der Waals surface area (Å²) in [7, 11) is 1.76. The largest absolute Gasteiger partial charge is 0.459 e. The number of piperidine rings is 2. The van der Waals surface area contributed by atoms with Crippen molar-refractivity contribution in [3.63, 3.8) is 0 Å². The summed E-state index contributed by atoms with van der Waals surface area (Å²) in [5, 5.41) is 3.07. The maximum atomic E-state index is 12.6. The van der Waals surface area contributed by atoms with E-state index in [0.717, 1.165) is 12.8 Å². The summed E-state index contributed by atoms with van der Waals surface area (Å²) < 4.78 is 5.21. The highest BCUT2D eigenvalue weighted by Crippen LogP contribution is 2.22. The molecule has 0 spiro atoms. The molecule has 3 rings (SSSR count).